The van der Waals surface area contributed by atoms with E-state index < -0.39 is 17.6 Å². The lowest BCUT2D eigenvalue weighted by Gasteiger charge is -2.17. The Balaban J connectivity index is 1.78. The maximum Gasteiger partial charge on any atom is 0.401 e. The topological polar surface area (TPSA) is 84.2 Å². The number of hydrogen-bond donors (Lipinski definition) is 1. The summed E-state index contributed by atoms with van der Waals surface area (Å²) in [7, 11) is 0. The lowest BCUT2D eigenvalue weighted by molar-refractivity contribution is -0.385. The molecule has 21 heavy (non-hydrogen) atoms. The molecule has 1 N–H and O–H groups in total. The standard InChI is InChI=1S/C11H14F3N5O2/c12-11(13,14)7-18-2-1-8(6-18)3-15-10-16-4-9(5-17-10)19(20)21/h4-5,8H,1-3,6-7H2,(H,15,16,17). The molecule has 10 heteroatoms. The fraction of sp³-hybridized carbons (Fsp3) is 0.636. The van der Waals surface area contributed by atoms with Crippen molar-refractivity contribution in [2.24, 2.45) is 5.92 Å². The van der Waals surface area contributed by atoms with Gasteiger partial charge in [-0.05, 0) is 18.9 Å². The number of halogens is 3. The van der Waals surface area contributed by atoms with Gasteiger partial charge < -0.3 is 5.32 Å². The second-order valence-electron chi connectivity index (χ2n) is 4.91. The van der Waals surface area contributed by atoms with Gasteiger partial charge in [-0.1, -0.05) is 0 Å². The molecule has 1 saturated heterocycles. The van der Waals surface area contributed by atoms with E-state index in [9.17, 15) is 23.3 Å². The van der Waals surface area contributed by atoms with E-state index in [0.717, 1.165) is 12.4 Å². The van der Waals surface area contributed by atoms with Gasteiger partial charge in [-0.2, -0.15) is 13.2 Å². The Morgan fingerprint density at radius 2 is 2.10 bits per heavy atom. The predicted molar refractivity (Wildman–Crippen MR) is 67.8 cm³/mol. The lowest BCUT2D eigenvalue weighted by atomic mass is 10.1. The molecule has 7 nitrogen and oxygen atoms in total. The van der Waals surface area contributed by atoms with E-state index in [0.29, 0.717) is 26.1 Å². The van der Waals surface area contributed by atoms with E-state index in [1.165, 1.54) is 4.90 Å². The summed E-state index contributed by atoms with van der Waals surface area (Å²) in [6.45, 7) is 0.316. The van der Waals surface area contributed by atoms with Crippen molar-refractivity contribution in [1.29, 1.82) is 0 Å². The van der Waals surface area contributed by atoms with Crippen LogP contribution < -0.4 is 5.32 Å². The zero-order valence-electron chi connectivity index (χ0n) is 11.0. The van der Waals surface area contributed by atoms with Crippen molar-refractivity contribution in [3.8, 4) is 0 Å². The largest absolute Gasteiger partial charge is 0.401 e. The molecule has 1 unspecified atom stereocenters. The molecular weight excluding hydrogens is 291 g/mol. The van der Waals surface area contributed by atoms with Crippen molar-refractivity contribution < 1.29 is 18.1 Å². The van der Waals surface area contributed by atoms with Crippen LogP contribution in [-0.2, 0) is 0 Å². The summed E-state index contributed by atoms with van der Waals surface area (Å²) in [5, 5.41) is 13.3. The molecular formula is C11H14F3N5O2. The van der Waals surface area contributed by atoms with Crippen molar-refractivity contribution in [2.45, 2.75) is 12.6 Å². The van der Waals surface area contributed by atoms with E-state index in [1.807, 2.05) is 0 Å². The van der Waals surface area contributed by atoms with Crippen molar-refractivity contribution in [3.05, 3.63) is 22.5 Å². The van der Waals surface area contributed by atoms with Crippen LogP contribution in [0.3, 0.4) is 0 Å². The molecule has 2 rings (SSSR count). The Morgan fingerprint density at radius 3 is 2.67 bits per heavy atom. The molecule has 1 atom stereocenters. The maximum atomic E-state index is 12.3. The highest BCUT2D eigenvalue weighted by Gasteiger charge is 2.34. The molecule has 0 bridgehead atoms. The van der Waals surface area contributed by atoms with Crippen molar-refractivity contribution in [1.82, 2.24) is 14.9 Å². The number of nitro groups is 1. The van der Waals surface area contributed by atoms with E-state index in [4.69, 9.17) is 0 Å². The van der Waals surface area contributed by atoms with E-state index in [2.05, 4.69) is 15.3 Å². The van der Waals surface area contributed by atoms with Gasteiger partial charge in [-0.15, -0.1) is 0 Å². The van der Waals surface area contributed by atoms with Gasteiger partial charge in [0, 0.05) is 13.1 Å². The minimum atomic E-state index is -4.18. The van der Waals surface area contributed by atoms with Crippen LogP contribution in [0.4, 0.5) is 24.8 Å². The number of rotatable bonds is 5. The maximum absolute atomic E-state index is 12.3. The van der Waals surface area contributed by atoms with Crippen LogP contribution in [0, 0.1) is 16.0 Å². The van der Waals surface area contributed by atoms with Crippen molar-refractivity contribution in [2.75, 3.05) is 31.5 Å². The molecule has 1 aromatic rings. The van der Waals surface area contributed by atoms with E-state index in [1.54, 1.807) is 0 Å². The summed E-state index contributed by atoms with van der Waals surface area (Å²) < 4.78 is 36.8. The molecule has 2 heterocycles. The average Bonchev–Trinajstić information content (AvgIpc) is 2.82. The first-order valence-corrected chi connectivity index (χ1v) is 6.33. The van der Waals surface area contributed by atoms with Crippen LogP contribution in [0.25, 0.3) is 0 Å². The summed E-state index contributed by atoms with van der Waals surface area (Å²) in [5.74, 6) is 0.306. The summed E-state index contributed by atoms with van der Waals surface area (Å²) in [4.78, 5) is 18.8. The Hall–Kier alpha value is -1.97. The molecule has 0 amide bonds. The highest BCUT2D eigenvalue weighted by Crippen LogP contribution is 2.22. The SMILES string of the molecule is O=[N+]([O-])c1cnc(NCC2CCN(CC(F)(F)F)C2)nc1. The minimum Gasteiger partial charge on any atom is -0.354 e. The summed E-state index contributed by atoms with van der Waals surface area (Å²) in [6, 6.07) is 0. The van der Waals surface area contributed by atoms with Gasteiger partial charge in [0.2, 0.25) is 5.95 Å². The molecule has 0 aromatic carbocycles. The second kappa shape index (κ2) is 6.20. The van der Waals surface area contributed by atoms with E-state index in [-0.39, 0.29) is 17.6 Å². The van der Waals surface area contributed by atoms with Gasteiger partial charge in [-0.3, -0.25) is 15.0 Å². The first-order valence-electron chi connectivity index (χ1n) is 6.33. The second-order valence-corrected chi connectivity index (χ2v) is 4.91. The average molecular weight is 305 g/mol. The zero-order chi connectivity index (χ0) is 15.5. The first kappa shape index (κ1) is 15.4. The molecule has 1 aliphatic heterocycles. The molecule has 0 radical (unpaired) electrons. The van der Waals surface area contributed by atoms with Gasteiger partial charge in [0.1, 0.15) is 12.4 Å². The van der Waals surface area contributed by atoms with Gasteiger partial charge >= 0.3 is 11.9 Å². The van der Waals surface area contributed by atoms with Gasteiger partial charge in [-0.25, -0.2) is 9.97 Å². The zero-order valence-corrected chi connectivity index (χ0v) is 11.0. The van der Waals surface area contributed by atoms with E-state index >= 15 is 0 Å². The highest BCUT2D eigenvalue weighted by molar-refractivity contribution is 5.30. The molecule has 1 fully saturated rings. The summed E-state index contributed by atoms with van der Waals surface area (Å²) in [5.41, 5.74) is -0.210. The van der Waals surface area contributed by atoms with Crippen molar-refractivity contribution in [3.63, 3.8) is 0 Å². The summed E-state index contributed by atoms with van der Waals surface area (Å²) >= 11 is 0. The van der Waals surface area contributed by atoms with Crippen LogP contribution in [0.15, 0.2) is 12.4 Å². The normalized spacial score (nSPS) is 19.7. The Morgan fingerprint density at radius 1 is 1.43 bits per heavy atom. The number of alkyl halides is 3. The highest BCUT2D eigenvalue weighted by atomic mass is 19.4. The first-order chi connectivity index (χ1) is 9.83. The Labute approximate surface area is 118 Å². The van der Waals surface area contributed by atoms with Gasteiger partial charge in [0.25, 0.3) is 0 Å². The fourth-order valence-electron chi connectivity index (χ4n) is 2.22. The molecule has 1 aliphatic rings. The van der Waals surface area contributed by atoms with Gasteiger partial charge in [0.15, 0.2) is 0 Å². The Bertz CT molecular complexity index is 494. The lowest BCUT2D eigenvalue weighted by Crippen LogP contribution is -2.33. The fourth-order valence-corrected chi connectivity index (χ4v) is 2.22. The van der Waals surface area contributed by atoms with Crippen LogP contribution in [0.5, 0.6) is 0 Å². The summed E-state index contributed by atoms with van der Waals surface area (Å²) in [6.07, 6.45) is -1.35. The molecule has 0 aliphatic carbocycles. The third kappa shape index (κ3) is 4.81. The molecule has 1 aromatic heterocycles. The smallest absolute Gasteiger partial charge is 0.354 e. The number of hydrogen-bond acceptors (Lipinski definition) is 6. The van der Waals surface area contributed by atoms with Gasteiger partial charge in [0.05, 0.1) is 11.5 Å². The Kier molecular flexibility index (Phi) is 4.56. The molecule has 116 valence electrons. The number of nitrogens with zero attached hydrogens (tertiary/aromatic N) is 4. The number of aromatic nitrogens is 2. The predicted octanol–water partition coefficient (Wildman–Crippen LogP) is 1.68. The molecule has 0 spiro atoms. The van der Waals surface area contributed by atoms with Crippen molar-refractivity contribution >= 4 is 11.6 Å². The van der Waals surface area contributed by atoms with Crippen LogP contribution in [0.1, 0.15) is 6.42 Å². The number of anilines is 1. The number of likely N-dealkylation sites (tertiary alicyclic amines) is 1. The van der Waals surface area contributed by atoms with Crippen LogP contribution in [0.2, 0.25) is 0 Å². The van der Waals surface area contributed by atoms with Crippen LogP contribution >= 0.6 is 0 Å². The minimum absolute atomic E-state index is 0.0751. The quantitative estimate of drug-likeness (QED) is 0.658. The monoisotopic (exact) mass is 305 g/mol. The third-order valence-corrected chi connectivity index (χ3v) is 3.17. The number of nitrogens with one attached hydrogen (secondary N) is 1. The molecule has 0 saturated carbocycles. The third-order valence-electron chi connectivity index (χ3n) is 3.17. The van der Waals surface area contributed by atoms with Crippen LogP contribution in [-0.4, -0.2) is 52.1 Å².